The molecule has 0 fully saturated rings. The van der Waals surface area contributed by atoms with Crippen LogP contribution in [0, 0.1) is 0 Å². The van der Waals surface area contributed by atoms with Crippen LogP contribution in [0.2, 0.25) is 0 Å². The van der Waals surface area contributed by atoms with Crippen molar-refractivity contribution >= 4 is 8.25 Å². The van der Waals surface area contributed by atoms with Gasteiger partial charge < -0.3 is 4.52 Å². The zero-order valence-electron chi connectivity index (χ0n) is 8.92. The van der Waals surface area contributed by atoms with Crippen molar-refractivity contribution in [2.75, 3.05) is 6.61 Å². The Morgan fingerprint density at radius 1 is 0.850 bits per heavy atom. The Labute approximate surface area is 104 Å². The van der Waals surface area contributed by atoms with E-state index in [2.05, 4.69) is 9.05 Å². The van der Waals surface area contributed by atoms with Crippen LogP contribution in [-0.4, -0.2) is 31.0 Å². The Hall–Kier alpha value is -0.550. The van der Waals surface area contributed by atoms with E-state index in [4.69, 9.17) is 0 Å². The van der Waals surface area contributed by atoms with Crippen molar-refractivity contribution in [1.29, 1.82) is 0 Å². The van der Waals surface area contributed by atoms with Crippen LogP contribution in [0.15, 0.2) is 0 Å². The van der Waals surface area contributed by atoms with E-state index in [1.807, 2.05) is 0 Å². The largest absolute Gasteiger partial charge is 0.462 e. The van der Waals surface area contributed by atoms with Crippen LogP contribution in [0.4, 0.5) is 43.9 Å². The molecule has 0 heterocycles. The quantitative estimate of drug-likeness (QED) is 0.535. The third kappa shape index (κ3) is 5.44. The van der Waals surface area contributed by atoms with Gasteiger partial charge in [-0.05, 0) is 0 Å². The van der Waals surface area contributed by atoms with Gasteiger partial charge in [0.1, 0.15) is 0 Å². The van der Waals surface area contributed by atoms with Gasteiger partial charge >= 0.3 is 32.6 Å². The summed E-state index contributed by atoms with van der Waals surface area (Å²) in [6.07, 6.45) is -19.6. The molecule has 14 heteroatoms. The summed E-state index contributed by atoms with van der Waals surface area (Å²) in [6, 6.07) is 0. The molecule has 0 aliphatic carbocycles. The van der Waals surface area contributed by atoms with Gasteiger partial charge in [-0.3, -0.25) is 4.57 Å². The highest BCUT2D eigenvalue weighted by Gasteiger charge is 2.75. The molecule has 0 aromatic heterocycles. The maximum absolute atomic E-state index is 12.4. The second-order valence-electron chi connectivity index (χ2n) is 3.15. The van der Waals surface area contributed by atoms with Crippen molar-refractivity contribution in [1.82, 2.24) is 0 Å². The van der Waals surface area contributed by atoms with Gasteiger partial charge in [-0.1, -0.05) is 0 Å². The predicted octanol–water partition coefficient (Wildman–Crippen LogP) is 4.15. The first-order chi connectivity index (χ1) is 8.60. The normalized spacial score (nSPS) is 16.3. The van der Waals surface area contributed by atoms with Crippen molar-refractivity contribution in [2.45, 2.75) is 30.8 Å². The number of hydrogen-bond donors (Lipinski definition) is 0. The fraction of sp³-hybridized carbons (Fsp3) is 1.00. The molecule has 0 N–H and O–H groups in total. The average molecular weight is 346 g/mol. The Bertz CT molecular complexity index is 348. The number of hydrogen-bond acceptors (Lipinski definition) is 3. The van der Waals surface area contributed by atoms with E-state index in [1.165, 1.54) is 0 Å². The molecule has 1 unspecified atom stereocenters. The molecule has 0 radical (unpaired) electrons. The molecule has 3 nitrogen and oxygen atoms in total. The Morgan fingerprint density at radius 3 is 1.65 bits per heavy atom. The third-order valence-corrected chi connectivity index (χ3v) is 2.40. The summed E-state index contributed by atoms with van der Waals surface area (Å²) >= 11 is 0. The van der Waals surface area contributed by atoms with Gasteiger partial charge in [-0.25, -0.2) is 4.52 Å². The minimum absolute atomic E-state index is 1.50. The Kier molecular flexibility index (Phi) is 5.89. The summed E-state index contributed by atoms with van der Waals surface area (Å²) in [4.78, 5) is 0. The summed E-state index contributed by atoms with van der Waals surface area (Å²) in [5, 5.41) is 0. The SMILES string of the molecule is O=[PH](OCCC(F)(F)F)OC(F)(F)C(F)(F)C(F)(F)F. The van der Waals surface area contributed by atoms with E-state index in [-0.39, 0.29) is 0 Å². The molecule has 122 valence electrons. The van der Waals surface area contributed by atoms with Crippen LogP contribution in [-0.2, 0) is 13.6 Å². The summed E-state index contributed by atoms with van der Waals surface area (Å²) in [5.74, 6) is -6.69. The first-order valence-corrected chi connectivity index (χ1v) is 5.57. The smallest absolute Gasteiger partial charge is 0.310 e. The monoisotopic (exact) mass is 346 g/mol. The summed E-state index contributed by atoms with van der Waals surface area (Å²) in [7, 11) is -4.69. The van der Waals surface area contributed by atoms with Crippen LogP contribution in [0.25, 0.3) is 0 Å². The number of alkyl halides is 10. The minimum Gasteiger partial charge on any atom is -0.310 e. The van der Waals surface area contributed by atoms with Gasteiger partial charge in [0.05, 0.1) is 13.0 Å². The van der Waals surface area contributed by atoms with Crippen molar-refractivity contribution < 1.29 is 57.5 Å². The maximum Gasteiger partial charge on any atom is 0.462 e. The number of halogens is 10. The highest BCUT2D eigenvalue weighted by molar-refractivity contribution is 7.33. The van der Waals surface area contributed by atoms with Crippen molar-refractivity contribution in [2.24, 2.45) is 0 Å². The molecule has 0 aromatic rings. The molecule has 0 aromatic carbocycles. The first kappa shape index (κ1) is 19.4. The van der Waals surface area contributed by atoms with Crippen LogP contribution < -0.4 is 0 Å². The van der Waals surface area contributed by atoms with E-state index in [9.17, 15) is 48.5 Å². The molecule has 0 aliphatic rings. The van der Waals surface area contributed by atoms with Gasteiger partial charge in [0.15, 0.2) is 0 Å². The summed E-state index contributed by atoms with van der Waals surface area (Å²) in [6.45, 7) is -1.50. The number of rotatable bonds is 6. The maximum atomic E-state index is 12.4. The van der Waals surface area contributed by atoms with Crippen molar-refractivity contribution in [3.63, 3.8) is 0 Å². The average Bonchev–Trinajstić information content (AvgIpc) is 2.11. The third-order valence-electron chi connectivity index (χ3n) is 1.54. The Morgan fingerprint density at radius 2 is 1.30 bits per heavy atom. The van der Waals surface area contributed by atoms with E-state index in [1.54, 1.807) is 0 Å². The molecule has 1 atom stereocenters. The molecular formula is C6H5F10O3P. The highest BCUT2D eigenvalue weighted by Crippen LogP contribution is 2.50. The summed E-state index contributed by atoms with van der Waals surface area (Å²) in [5.41, 5.74) is 0. The van der Waals surface area contributed by atoms with Gasteiger partial charge in [0.2, 0.25) is 0 Å². The predicted molar refractivity (Wildman–Crippen MR) is 42.7 cm³/mol. The first-order valence-electron chi connectivity index (χ1n) is 4.35. The van der Waals surface area contributed by atoms with E-state index < -0.39 is 45.7 Å². The molecule has 0 aliphatic heterocycles. The van der Waals surface area contributed by atoms with Crippen LogP contribution >= 0.6 is 8.25 Å². The summed E-state index contributed by atoms with van der Waals surface area (Å²) < 4.78 is 135. The fourth-order valence-corrected chi connectivity index (χ4v) is 1.28. The van der Waals surface area contributed by atoms with Crippen LogP contribution in [0.3, 0.4) is 0 Å². The van der Waals surface area contributed by atoms with Crippen LogP contribution in [0.1, 0.15) is 6.42 Å². The highest BCUT2D eigenvalue weighted by atomic mass is 31.1. The van der Waals surface area contributed by atoms with Gasteiger partial charge in [0, 0.05) is 0 Å². The lowest BCUT2D eigenvalue weighted by atomic mass is 10.3. The van der Waals surface area contributed by atoms with Gasteiger partial charge in [0.25, 0.3) is 0 Å². The van der Waals surface area contributed by atoms with Crippen LogP contribution in [0.5, 0.6) is 0 Å². The fourth-order valence-electron chi connectivity index (χ4n) is 0.613. The standard InChI is InChI=1S/C6H5F10O3P/c7-3(8,9)1-2-18-20(17)19-6(15,16)4(10,11)5(12,13)14/h20H,1-2H2. The molecule has 0 bridgehead atoms. The minimum atomic E-state index is -6.72. The lowest BCUT2D eigenvalue weighted by molar-refractivity contribution is -0.403. The van der Waals surface area contributed by atoms with E-state index in [0.717, 1.165) is 0 Å². The lowest BCUT2D eigenvalue weighted by Gasteiger charge is -2.26. The van der Waals surface area contributed by atoms with Crippen molar-refractivity contribution in [3.8, 4) is 0 Å². The zero-order valence-corrected chi connectivity index (χ0v) is 9.92. The second-order valence-corrected chi connectivity index (χ2v) is 4.15. The molecule has 0 saturated heterocycles. The second kappa shape index (κ2) is 6.06. The molecule has 0 amide bonds. The topological polar surface area (TPSA) is 35.5 Å². The molecule has 0 spiro atoms. The van der Waals surface area contributed by atoms with Gasteiger partial charge in [-0.15, -0.1) is 0 Å². The molecular weight excluding hydrogens is 341 g/mol. The lowest BCUT2D eigenvalue weighted by Crippen LogP contribution is -2.52. The van der Waals surface area contributed by atoms with Crippen molar-refractivity contribution in [3.05, 3.63) is 0 Å². The van der Waals surface area contributed by atoms with Gasteiger partial charge in [-0.2, -0.15) is 43.9 Å². The molecule has 20 heavy (non-hydrogen) atoms. The van der Waals surface area contributed by atoms with E-state index in [0.29, 0.717) is 0 Å². The Balaban J connectivity index is 4.58. The molecule has 0 saturated carbocycles. The van der Waals surface area contributed by atoms with E-state index >= 15 is 0 Å². The zero-order chi connectivity index (χ0) is 16.4. The molecule has 0 rings (SSSR count).